The number of H-pyrrole nitrogens is 1. The summed E-state index contributed by atoms with van der Waals surface area (Å²) in [4.78, 5) is 15.1. The lowest BCUT2D eigenvalue weighted by Crippen LogP contribution is -2.09. The van der Waals surface area contributed by atoms with Gasteiger partial charge in [-0.1, -0.05) is 11.6 Å². The first-order chi connectivity index (χ1) is 8.10. The molecule has 6 heteroatoms. The van der Waals surface area contributed by atoms with Crippen molar-refractivity contribution in [1.82, 2.24) is 4.98 Å². The smallest absolute Gasteiger partial charge is 0.206 e. The van der Waals surface area contributed by atoms with Gasteiger partial charge in [0.15, 0.2) is 5.75 Å². The largest absolute Gasteiger partial charge is 0.494 e. The molecule has 0 spiro atoms. The molecule has 0 atom stereocenters. The molecule has 2 aromatic rings. The zero-order valence-corrected chi connectivity index (χ0v) is 12.0. The Balaban J connectivity index is 3.04. The summed E-state index contributed by atoms with van der Waals surface area (Å²) in [6.45, 7) is 0. The summed E-state index contributed by atoms with van der Waals surface area (Å²) in [6.07, 6.45) is 1.63. The highest BCUT2D eigenvalue weighted by Gasteiger charge is 2.16. The molecule has 17 heavy (non-hydrogen) atoms. The number of pyridine rings is 1. The summed E-state index contributed by atoms with van der Waals surface area (Å²) >= 11 is 8.01. The average Bonchev–Trinajstić information content (AvgIpc) is 2.33. The summed E-state index contributed by atoms with van der Waals surface area (Å²) in [5.41, 5.74) is 0.455. The van der Waals surface area contributed by atoms with Crippen molar-refractivity contribution in [2.75, 3.05) is 14.2 Å². The molecule has 0 aliphatic heterocycles. The highest BCUT2D eigenvalue weighted by atomic mass is 127. The third kappa shape index (κ3) is 1.97. The molecule has 1 aromatic carbocycles. The molecule has 0 radical (unpaired) electrons. The van der Waals surface area contributed by atoms with E-state index in [2.05, 4.69) is 4.98 Å². The second-order valence-corrected chi connectivity index (χ2v) is 4.88. The van der Waals surface area contributed by atoms with E-state index in [0.29, 0.717) is 31.0 Å². The molecule has 0 fully saturated rings. The van der Waals surface area contributed by atoms with Crippen LogP contribution in [0, 0.1) is 3.57 Å². The Morgan fingerprint density at radius 2 is 2.06 bits per heavy atom. The maximum absolute atomic E-state index is 12.1. The topological polar surface area (TPSA) is 51.3 Å². The summed E-state index contributed by atoms with van der Waals surface area (Å²) < 4.78 is 10.9. The molecule has 1 heterocycles. The lowest BCUT2D eigenvalue weighted by atomic mass is 10.2. The zero-order chi connectivity index (χ0) is 12.6. The predicted molar refractivity (Wildman–Crippen MR) is 75.4 cm³/mol. The Bertz CT molecular complexity index is 639. The number of halogens is 2. The van der Waals surface area contributed by atoms with Crippen molar-refractivity contribution in [3.05, 3.63) is 31.1 Å². The Morgan fingerprint density at radius 3 is 2.65 bits per heavy atom. The van der Waals surface area contributed by atoms with Crippen molar-refractivity contribution in [1.29, 1.82) is 0 Å². The number of hydrogen-bond acceptors (Lipinski definition) is 3. The van der Waals surface area contributed by atoms with Gasteiger partial charge in [-0.15, -0.1) is 0 Å². The fraction of sp³-hybridized carbons (Fsp3) is 0.182. The average molecular weight is 366 g/mol. The Labute approximate surface area is 116 Å². The zero-order valence-electron chi connectivity index (χ0n) is 9.14. The van der Waals surface area contributed by atoms with Crippen molar-refractivity contribution < 1.29 is 9.47 Å². The van der Waals surface area contributed by atoms with E-state index in [1.165, 1.54) is 14.2 Å². The number of nitrogens with one attached hydrogen (secondary N) is 1. The summed E-state index contributed by atoms with van der Waals surface area (Å²) in [7, 11) is 3.00. The maximum atomic E-state index is 12.1. The molecule has 1 N–H and O–H groups in total. The minimum atomic E-state index is -0.128. The van der Waals surface area contributed by atoms with E-state index in [9.17, 15) is 4.79 Å². The van der Waals surface area contributed by atoms with Gasteiger partial charge >= 0.3 is 0 Å². The minimum absolute atomic E-state index is 0.128. The van der Waals surface area contributed by atoms with Crippen LogP contribution in [0.15, 0.2) is 17.1 Å². The molecule has 0 saturated heterocycles. The van der Waals surface area contributed by atoms with Gasteiger partial charge in [0.2, 0.25) is 5.43 Å². The van der Waals surface area contributed by atoms with Crippen molar-refractivity contribution >= 4 is 45.1 Å². The van der Waals surface area contributed by atoms with Gasteiger partial charge in [0, 0.05) is 12.3 Å². The van der Waals surface area contributed by atoms with Crippen molar-refractivity contribution in [2.45, 2.75) is 0 Å². The van der Waals surface area contributed by atoms with Crippen LogP contribution in [0.2, 0.25) is 5.02 Å². The van der Waals surface area contributed by atoms with E-state index in [-0.39, 0.29) is 5.43 Å². The number of rotatable bonds is 2. The van der Waals surface area contributed by atoms with Crippen LogP contribution in [0.3, 0.4) is 0 Å². The molecule has 0 amide bonds. The molecule has 90 valence electrons. The van der Waals surface area contributed by atoms with Crippen LogP contribution in [0.4, 0.5) is 0 Å². The third-order valence-electron chi connectivity index (χ3n) is 2.41. The number of methoxy groups -OCH3 is 2. The van der Waals surface area contributed by atoms with Crippen LogP contribution < -0.4 is 14.9 Å². The van der Waals surface area contributed by atoms with Gasteiger partial charge in [-0.3, -0.25) is 4.79 Å². The van der Waals surface area contributed by atoms with Gasteiger partial charge in [0.25, 0.3) is 0 Å². The third-order valence-corrected chi connectivity index (χ3v) is 3.49. The lowest BCUT2D eigenvalue weighted by molar-refractivity contribution is 0.410. The Kier molecular flexibility index (Phi) is 3.48. The molecule has 1 aromatic heterocycles. The molecule has 2 rings (SSSR count). The van der Waals surface area contributed by atoms with Crippen molar-refractivity contribution in [3.63, 3.8) is 0 Å². The van der Waals surface area contributed by atoms with E-state index in [1.54, 1.807) is 12.3 Å². The standard InChI is InChI=1S/C11H9ClINO3/c1-16-7-3-5(12)11(17-2)8-9(7)14-4-6(13)10(8)15/h3-4H,1-2H3,(H,14,15). The number of aromatic amines is 1. The number of fused-ring (bicyclic) bond motifs is 1. The minimum Gasteiger partial charge on any atom is -0.494 e. The number of ether oxygens (including phenoxy) is 2. The number of aromatic nitrogens is 1. The van der Waals surface area contributed by atoms with Crippen molar-refractivity contribution in [3.8, 4) is 11.5 Å². The quantitative estimate of drug-likeness (QED) is 0.833. The fourth-order valence-corrected chi connectivity index (χ4v) is 2.35. The summed E-state index contributed by atoms with van der Waals surface area (Å²) in [6, 6.07) is 1.62. The molecule has 4 nitrogen and oxygen atoms in total. The first kappa shape index (κ1) is 12.5. The van der Waals surface area contributed by atoms with Gasteiger partial charge < -0.3 is 14.5 Å². The second-order valence-electron chi connectivity index (χ2n) is 3.31. The van der Waals surface area contributed by atoms with Crippen LogP contribution in [-0.2, 0) is 0 Å². The van der Waals surface area contributed by atoms with Gasteiger partial charge in [-0.05, 0) is 22.6 Å². The van der Waals surface area contributed by atoms with E-state index in [0.717, 1.165) is 0 Å². The molecule has 0 aliphatic carbocycles. The second kappa shape index (κ2) is 4.73. The van der Waals surface area contributed by atoms with Gasteiger partial charge in [0.1, 0.15) is 5.75 Å². The van der Waals surface area contributed by atoms with E-state index < -0.39 is 0 Å². The molecule has 0 bridgehead atoms. The van der Waals surface area contributed by atoms with Crippen LogP contribution >= 0.6 is 34.2 Å². The van der Waals surface area contributed by atoms with Gasteiger partial charge in [-0.25, -0.2) is 0 Å². The number of benzene rings is 1. The van der Waals surface area contributed by atoms with Crippen LogP contribution in [0.5, 0.6) is 11.5 Å². The lowest BCUT2D eigenvalue weighted by Gasteiger charge is -2.11. The molecular weight excluding hydrogens is 356 g/mol. The normalized spacial score (nSPS) is 10.6. The summed E-state index contributed by atoms with van der Waals surface area (Å²) in [5.74, 6) is 0.876. The van der Waals surface area contributed by atoms with Gasteiger partial charge in [0.05, 0.1) is 33.7 Å². The monoisotopic (exact) mass is 365 g/mol. The highest BCUT2D eigenvalue weighted by molar-refractivity contribution is 14.1. The Morgan fingerprint density at radius 1 is 1.35 bits per heavy atom. The van der Waals surface area contributed by atoms with Crippen LogP contribution in [0.1, 0.15) is 0 Å². The first-order valence-corrected chi connectivity index (χ1v) is 6.17. The fourth-order valence-electron chi connectivity index (χ4n) is 1.65. The molecule has 0 aliphatic rings. The molecule has 0 saturated carbocycles. The van der Waals surface area contributed by atoms with E-state index in [4.69, 9.17) is 21.1 Å². The number of hydrogen-bond donors (Lipinski definition) is 1. The van der Waals surface area contributed by atoms with Crippen LogP contribution in [0.25, 0.3) is 10.9 Å². The molecule has 0 unspecified atom stereocenters. The Hall–Kier alpha value is -0.950. The molecular formula is C11H9ClINO3. The first-order valence-electron chi connectivity index (χ1n) is 4.71. The van der Waals surface area contributed by atoms with E-state index in [1.807, 2.05) is 22.6 Å². The SMILES string of the molecule is COc1cc(Cl)c(OC)c2c(=O)c(I)c[nH]c12. The van der Waals surface area contributed by atoms with Crippen LogP contribution in [-0.4, -0.2) is 19.2 Å². The van der Waals surface area contributed by atoms with E-state index >= 15 is 0 Å². The maximum Gasteiger partial charge on any atom is 0.206 e. The van der Waals surface area contributed by atoms with Gasteiger partial charge in [-0.2, -0.15) is 0 Å². The highest BCUT2D eigenvalue weighted by Crippen LogP contribution is 2.36. The summed E-state index contributed by atoms with van der Waals surface area (Å²) in [5, 5.41) is 0.758. The predicted octanol–water partition coefficient (Wildman–Crippen LogP) is 2.80. The van der Waals surface area contributed by atoms with Crippen molar-refractivity contribution in [2.24, 2.45) is 0 Å².